The van der Waals surface area contributed by atoms with Crippen molar-refractivity contribution in [2.45, 2.75) is 58.3 Å². The van der Waals surface area contributed by atoms with Crippen molar-refractivity contribution in [3.63, 3.8) is 0 Å². The van der Waals surface area contributed by atoms with E-state index in [0.717, 1.165) is 17.9 Å². The van der Waals surface area contributed by atoms with Crippen LogP contribution in [0.2, 0.25) is 0 Å². The van der Waals surface area contributed by atoms with Gasteiger partial charge in [-0.1, -0.05) is 12.1 Å². The number of hydrogen-bond donors (Lipinski definition) is 1. The Labute approximate surface area is 122 Å². The summed E-state index contributed by atoms with van der Waals surface area (Å²) < 4.78 is 5.62. The SMILES string of the molecule is CC(C)Oc1ccc(C(O)CN2CCCC2(C)C)cc1. The minimum atomic E-state index is -0.430. The zero-order chi connectivity index (χ0) is 14.8. The van der Waals surface area contributed by atoms with E-state index in [4.69, 9.17) is 4.74 Å². The normalized spacial score (nSPS) is 20.3. The summed E-state index contributed by atoms with van der Waals surface area (Å²) in [5, 5.41) is 10.4. The third-order valence-electron chi connectivity index (χ3n) is 4.10. The van der Waals surface area contributed by atoms with Crippen LogP contribution in [0.25, 0.3) is 0 Å². The molecule has 1 aliphatic heterocycles. The number of ether oxygens (including phenoxy) is 1. The zero-order valence-corrected chi connectivity index (χ0v) is 13.1. The van der Waals surface area contributed by atoms with Gasteiger partial charge in [-0.3, -0.25) is 4.90 Å². The molecule has 1 aromatic rings. The van der Waals surface area contributed by atoms with Gasteiger partial charge in [0.1, 0.15) is 5.75 Å². The van der Waals surface area contributed by atoms with Crippen LogP contribution in [0.5, 0.6) is 5.75 Å². The Hall–Kier alpha value is -1.06. The Morgan fingerprint density at radius 2 is 1.90 bits per heavy atom. The zero-order valence-electron chi connectivity index (χ0n) is 13.1. The topological polar surface area (TPSA) is 32.7 Å². The molecule has 0 bridgehead atoms. The largest absolute Gasteiger partial charge is 0.491 e. The minimum Gasteiger partial charge on any atom is -0.491 e. The molecule has 1 aromatic carbocycles. The highest BCUT2D eigenvalue weighted by Gasteiger charge is 2.32. The van der Waals surface area contributed by atoms with Gasteiger partial charge in [0, 0.05) is 12.1 Å². The molecule has 1 N–H and O–H groups in total. The number of hydrogen-bond acceptors (Lipinski definition) is 3. The van der Waals surface area contributed by atoms with Gasteiger partial charge in [-0.15, -0.1) is 0 Å². The molecule has 1 fully saturated rings. The Morgan fingerprint density at radius 1 is 1.25 bits per heavy atom. The molecule has 0 radical (unpaired) electrons. The highest BCUT2D eigenvalue weighted by molar-refractivity contribution is 5.28. The summed E-state index contributed by atoms with van der Waals surface area (Å²) in [5.41, 5.74) is 1.17. The van der Waals surface area contributed by atoms with Crippen molar-refractivity contribution in [3.8, 4) is 5.75 Å². The molecule has 0 aromatic heterocycles. The molecule has 1 unspecified atom stereocenters. The number of aliphatic hydroxyl groups is 1. The lowest BCUT2D eigenvalue weighted by Crippen LogP contribution is -2.40. The quantitative estimate of drug-likeness (QED) is 0.895. The van der Waals surface area contributed by atoms with Crippen molar-refractivity contribution in [2.75, 3.05) is 13.1 Å². The molecule has 1 aliphatic rings. The first-order valence-corrected chi connectivity index (χ1v) is 7.58. The number of likely N-dealkylation sites (tertiary alicyclic amines) is 1. The van der Waals surface area contributed by atoms with Crippen LogP contribution in [0.1, 0.15) is 52.2 Å². The van der Waals surface area contributed by atoms with Crippen LogP contribution in [-0.4, -0.2) is 34.7 Å². The van der Waals surface area contributed by atoms with Gasteiger partial charge >= 0.3 is 0 Å². The first kappa shape index (κ1) is 15.3. The maximum atomic E-state index is 10.4. The van der Waals surface area contributed by atoms with Gasteiger partial charge in [0.2, 0.25) is 0 Å². The van der Waals surface area contributed by atoms with Crippen molar-refractivity contribution in [1.29, 1.82) is 0 Å². The monoisotopic (exact) mass is 277 g/mol. The Bertz CT molecular complexity index is 425. The molecule has 0 amide bonds. The van der Waals surface area contributed by atoms with E-state index in [-0.39, 0.29) is 11.6 Å². The number of β-amino-alcohol motifs (C(OH)–C–C–N with tert-alkyl or cyclic N) is 1. The number of benzene rings is 1. The Morgan fingerprint density at radius 3 is 2.40 bits per heavy atom. The Balaban J connectivity index is 1.97. The standard InChI is InChI=1S/C17H27NO2/c1-13(2)20-15-8-6-14(7-9-15)16(19)12-18-11-5-10-17(18,3)4/h6-9,13,16,19H,5,10-12H2,1-4H3. The summed E-state index contributed by atoms with van der Waals surface area (Å²) in [4.78, 5) is 2.39. The highest BCUT2D eigenvalue weighted by Crippen LogP contribution is 2.30. The number of rotatable bonds is 5. The van der Waals surface area contributed by atoms with Gasteiger partial charge in [0.25, 0.3) is 0 Å². The molecule has 0 spiro atoms. The van der Waals surface area contributed by atoms with Crippen molar-refractivity contribution in [3.05, 3.63) is 29.8 Å². The van der Waals surface area contributed by atoms with Crippen molar-refractivity contribution < 1.29 is 9.84 Å². The number of aliphatic hydroxyl groups excluding tert-OH is 1. The first-order valence-electron chi connectivity index (χ1n) is 7.58. The summed E-state index contributed by atoms with van der Waals surface area (Å²) in [6, 6.07) is 7.80. The summed E-state index contributed by atoms with van der Waals surface area (Å²) >= 11 is 0. The molecule has 3 nitrogen and oxygen atoms in total. The molecule has 0 saturated carbocycles. The second kappa shape index (κ2) is 6.15. The van der Waals surface area contributed by atoms with Crippen molar-refractivity contribution in [1.82, 2.24) is 4.90 Å². The van der Waals surface area contributed by atoms with E-state index in [9.17, 15) is 5.11 Å². The molecular weight excluding hydrogens is 250 g/mol. The van der Waals surface area contributed by atoms with Crippen LogP contribution in [-0.2, 0) is 0 Å². The molecule has 0 aliphatic carbocycles. The van der Waals surface area contributed by atoms with Gasteiger partial charge in [-0.25, -0.2) is 0 Å². The maximum Gasteiger partial charge on any atom is 0.119 e. The van der Waals surface area contributed by atoms with Gasteiger partial charge < -0.3 is 9.84 Å². The van der Waals surface area contributed by atoms with Gasteiger partial charge in [0.15, 0.2) is 0 Å². The number of nitrogens with zero attached hydrogens (tertiary/aromatic N) is 1. The molecular formula is C17H27NO2. The molecule has 112 valence electrons. The maximum absolute atomic E-state index is 10.4. The van der Waals surface area contributed by atoms with E-state index in [0.29, 0.717) is 6.54 Å². The van der Waals surface area contributed by atoms with E-state index >= 15 is 0 Å². The fraction of sp³-hybridized carbons (Fsp3) is 0.647. The first-order chi connectivity index (χ1) is 9.38. The fourth-order valence-electron chi connectivity index (χ4n) is 2.86. The summed E-state index contributed by atoms with van der Waals surface area (Å²) in [6.45, 7) is 10.3. The molecule has 3 heteroatoms. The lowest BCUT2D eigenvalue weighted by Gasteiger charge is -2.33. The average Bonchev–Trinajstić information content (AvgIpc) is 2.69. The van der Waals surface area contributed by atoms with E-state index < -0.39 is 6.10 Å². The predicted octanol–water partition coefficient (Wildman–Crippen LogP) is 3.38. The van der Waals surface area contributed by atoms with Crippen molar-refractivity contribution >= 4 is 0 Å². The predicted molar refractivity (Wildman–Crippen MR) is 82.1 cm³/mol. The van der Waals surface area contributed by atoms with E-state index in [1.54, 1.807) is 0 Å². The van der Waals surface area contributed by atoms with Gasteiger partial charge in [0.05, 0.1) is 12.2 Å². The minimum absolute atomic E-state index is 0.177. The van der Waals surface area contributed by atoms with E-state index in [1.807, 2.05) is 38.1 Å². The van der Waals surface area contributed by atoms with E-state index in [2.05, 4.69) is 18.7 Å². The van der Waals surface area contributed by atoms with Crippen LogP contribution >= 0.6 is 0 Å². The van der Waals surface area contributed by atoms with Crippen LogP contribution < -0.4 is 4.74 Å². The third kappa shape index (κ3) is 3.74. The molecule has 1 heterocycles. The van der Waals surface area contributed by atoms with Crippen LogP contribution in [0, 0.1) is 0 Å². The molecule has 1 saturated heterocycles. The van der Waals surface area contributed by atoms with Gasteiger partial charge in [-0.2, -0.15) is 0 Å². The van der Waals surface area contributed by atoms with Crippen molar-refractivity contribution in [2.24, 2.45) is 0 Å². The second-order valence-corrected chi connectivity index (χ2v) is 6.61. The molecule has 1 atom stereocenters. The lowest BCUT2D eigenvalue weighted by atomic mass is 10.0. The fourth-order valence-corrected chi connectivity index (χ4v) is 2.86. The van der Waals surface area contributed by atoms with Crippen LogP contribution in [0.4, 0.5) is 0 Å². The second-order valence-electron chi connectivity index (χ2n) is 6.61. The summed E-state index contributed by atoms with van der Waals surface area (Å²) in [6.07, 6.45) is 2.18. The lowest BCUT2D eigenvalue weighted by molar-refractivity contribution is 0.0778. The summed E-state index contributed by atoms with van der Waals surface area (Å²) in [7, 11) is 0. The highest BCUT2D eigenvalue weighted by atomic mass is 16.5. The van der Waals surface area contributed by atoms with Crippen LogP contribution in [0.15, 0.2) is 24.3 Å². The molecule has 20 heavy (non-hydrogen) atoms. The smallest absolute Gasteiger partial charge is 0.119 e. The third-order valence-corrected chi connectivity index (χ3v) is 4.10. The van der Waals surface area contributed by atoms with Gasteiger partial charge in [-0.05, 0) is 64.8 Å². The molecule has 2 rings (SSSR count). The van der Waals surface area contributed by atoms with Crippen LogP contribution in [0.3, 0.4) is 0 Å². The summed E-state index contributed by atoms with van der Waals surface area (Å²) in [5.74, 6) is 0.859. The van der Waals surface area contributed by atoms with E-state index in [1.165, 1.54) is 12.8 Å². The average molecular weight is 277 g/mol. The Kier molecular flexibility index (Phi) is 4.71.